The van der Waals surface area contributed by atoms with Gasteiger partial charge in [0.25, 0.3) is 10.0 Å². The molecule has 30 heavy (non-hydrogen) atoms. The van der Waals surface area contributed by atoms with Gasteiger partial charge in [0.15, 0.2) is 14.9 Å². The van der Waals surface area contributed by atoms with Crippen LogP contribution in [-0.2, 0) is 26.0 Å². The summed E-state index contributed by atoms with van der Waals surface area (Å²) >= 11 is 0. The molecule has 0 saturated carbocycles. The summed E-state index contributed by atoms with van der Waals surface area (Å²) < 4.78 is 88.5. The van der Waals surface area contributed by atoms with Crippen LogP contribution < -0.4 is 0 Å². The third-order valence-electron chi connectivity index (χ3n) is 4.79. The number of sulfone groups is 1. The van der Waals surface area contributed by atoms with Gasteiger partial charge in [0.2, 0.25) is 0 Å². The quantitative estimate of drug-likeness (QED) is 0.640. The highest BCUT2D eigenvalue weighted by Gasteiger charge is 2.34. The van der Waals surface area contributed by atoms with Crippen LogP contribution in [0.1, 0.15) is 5.69 Å². The van der Waals surface area contributed by atoms with Gasteiger partial charge in [0.1, 0.15) is 11.3 Å². The fraction of sp³-hybridized carbons (Fsp3) is 0.294. The molecule has 0 spiro atoms. The normalized spacial score (nSPS) is 18.0. The average molecular weight is 460 g/mol. The molecule has 160 valence electrons. The van der Waals surface area contributed by atoms with Crippen molar-refractivity contribution in [1.82, 2.24) is 19.3 Å². The van der Waals surface area contributed by atoms with Gasteiger partial charge < -0.3 is 4.98 Å². The van der Waals surface area contributed by atoms with Gasteiger partial charge in [-0.05, 0) is 29.8 Å². The van der Waals surface area contributed by atoms with E-state index in [1.807, 2.05) is 0 Å². The van der Waals surface area contributed by atoms with Gasteiger partial charge in [-0.25, -0.2) is 26.8 Å². The summed E-state index contributed by atoms with van der Waals surface area (Å²) in [5.41, 5.74) is -0.0710. The van der Waals surface area contributed by atoms with Crippen LogP contribution in [0.15, 0.2) is 41.7 Å². The maximum atomic E-state index is 13.0. The molecule has 0 unspecified atom stereocenters. The predicted octanol–water partition coefficient (Wildman–Crippen LogP) is 2.06. The van der Waals surface area contributed by atoms with E-state index in [0.29, 0.717) is 11.1 Å². The Morgan fingerprint density at radius 3 is 2.37 bits per heavy atom. The zero-order chi connectivity index (χ0) is 21.7. The van der Waals surface area contributed by atoms with Gasteiger partial charge in [0.05, 0.1) is 11.5 Å². The number of hydrogen-bond acceptors (Lipinski definition) is 6. The highest BCUT2D eigenvalue weighted by Crippen LogP contribution is 2.34. The van der Waals surface area contributed by atoms with E-state index >= 15 is 0 Å². The number of sulfonamides is 1. The number of nitrogens with zero attached hydrogens (tertiary/aromatic N) is 3. The molecule has 1 fully saturated rings. The topological polar surface area (TPSA) is 113 Å². The van der Waals surface area contributed by atoms with E-state index in [1.54, 1.807) is 0 Å². The van der Waals surface area contributed by atoms with Gasteiger partial charge >= 0.3 is 6.18 Å². The summed E-state index contributed by atoms with van der Waals surface area (Å²) in [4.78, 5) is 10.1. The molecule has 0 radical (unpaired) electrons. The number of pyridine rings is 2. The summed E-state index contributed by atoms with van der Waals surface area (Å²) in [5, 5.41) is -0.0376. The smallest absolute Gasteiger partial charge is 0.336 e. The van der Waals surface area contributed by atoms with Crippen LogP contribution in [-0.4, -0.2) is 60.7 Å². The molecule has 0 atom stereocenters. The number of rotatable bonds is 3. The SMILES string of the molecule is O=S1(=O)CCN(S(=O)(=O)c2ccc(-c3ccnc4[nH]c(C(F)(F)F)cc34)cn2)CC1. The second-order valence-electron chi connectivity index (χ2n) is 6.74. The van der Waals surface area contributed by atoms with Crippen molar-refractivity contribution in [3.63, 3.8) is 0 Å². The number of alkyl halides is 3. The van der Waals surface area contributed by atoms with Crippen LogP contribution in [0.2, 0.25) is 0 Å². The highest BCUT2D eigenvalue weighted by molar-refractivity contribution is 7.92. The summed E-state index contributed by atoms with van der Waals surface area (Å²) in [6.07, 6.45) is -1.97. The standard InChI is InChI=1S/C17H15F3N4O4S2/c18-17(19,20)14-9-13-12(3-4-21-16(13)23-14)11-1-2-15(22-10-11)30(27,28)24-5-7-29(25,26)8-6-24/h1-4,9-10H,5-8H2,(H,21,23). The molecular weight excluding hydrogens is 445 g/mol. The Labute approximate surface area is 169 Å². The molecule has 1 N–H and O–H groups in total. The first kappa shape index (κ1) is 20.8. The molecular formula is C17H15F3N4O4S2. The first-order chi connectivity index (χ1) is 14.0. The fourth-order valence-electron chi connectivity index (χ4n) is 3.19. The van der Waals surface area contributed by atoms with E-state index in [1.165, 1.54) is 30.6 Å². The van der Waals surface area contributed by atoms with Gasteiger partial charge in [0, 0.05) is 36.4 Å². The van der Waals surface area contributed by atoms with Crippen LogP contribution in [0.25, 0.3) is 22.2 Å². The lowest BCUT2D eigenvalue weighted by Gasteiger charge is -2.25. The van der Waals surface area contributed by atoms with Crippen LogP contribution >= 0.6 is 0 Å². The van der Waals surface area contributed by atoms with Crippen molar-refractivity contribution in [1.29, 1.82) is 0 Å². The van der Waals surface area contributed by atoms with E-state index in [2.05, 4.69) is 15.0 Å². The maximum absolute atomic E-state index is 13.0. The number of aromatic amines is 1. The van der Waals surface area contributed by atoms with Crippen molar-refractivity contribution in [2.24, 2.45) is 0 Å². The van der Waals surface area contributed by atoms with Crippen molar-refractivity contribution in [2.75, 3.05) is 24.6 Å². The lowest BCUT2D eigenvalue weighted by atomic mass is 10.1. The van der Waals surface area contributed by atoms with Gasteiger partial charge in [-0.2, -0.15) is 17.5 Å². The fourth-order valence-corrected chi connectivity index (χ4v) is 5.98. The van der Waals surface area contributed by atoms with Crippen molar-refractivity contribution in [3.05, 3.63) is 42.4 Å². The first-order valence-corrected chi connectivity index (χ1v) is 12.0. The van der Waals surface area contributed by atoms with E-state index in [9.17, 15) is 30.0 Å². The monoisotopic (exact) mass is 460 g/mol. The van der Waals surface area contributed by atoms with E-state index in [0.717, 1.165) is 10.4 Å². The predicted molar refractivity (Wildman–Crippen MR) is 102 cm³/mol. The molecule has 1 saturated heterocycles. The molecule has 4 heterocycles. The summed E-state index contributed by atoms with van der Waals surface area (Å²) in [7, 11) is -7.22. The van der Waals surface area contributed by atoms with Crippen LogP contribution in [0, 0.1) is 0 Å². The molecule has 3 aromatic rings. The second-order valence-corrected chi connectivity index (χ2v) is 10.9. The number of aromatic nitrogens is 3. The molecule has 1 aliphatic rings. The minimum Gasteiger partial charge on any atom is -0.336 e. The first-order valence-electron chi connectivity index (χ1n) is 8.69. The molecule has 0 bridgehead atoms. The van der Waals surface area contributed by atoms with Crippen molar-refractivity contribution in [3.8, 4) is 11.1 Å². The Bertz CT molecular complexity index is 1300. The molecule has 1 aliphatic heterocycles. The molecule has 0 aliphatic carbocycles. The minimum atomic E-state index is -4.56. The largest absolute Gasteiger partial charge is 0.431 e. The lowest BCUT2D eigenvalue weighted by Crippen LogP contribution is -2.43. The summed E-state index contributed by atoms with van der Waals surface area (Å²) in [5.74, 6) is -0.511. The zero-order valence-electron chi connectivity index (χ0n) is 15.2. The molecule has 0 amide bonds. The van der Waals surface area contributed by atoms with Crippen molar-refractivity contribution in [2.45, 2.75) is 11.2 Å². The van der Waals surface area contributed by atoms with E-state index < -0.39 is 31.7 Å². The Kier molecular flexibility index (Phi) is 4.86. The van der Waals surface area contributed by atoms with Crippen LogP contribution in [0.5, 0.6) is 0 Å². The number of nitrogens with one attached hydrogen (secondary N) is 1. The number of H-pyrrole nitrogens is 1. The van der Waals surface area contributed by atoms with E-state index in [4.69, 9.17) is 0 Å². The third kappa shape index (κ3) is 3.79. The van der Waals surface area contributed by atoms with Gasteiger partial charge in [-0.3, -0.25) is 0 Å². The number of halogens is 3. The van der Waals surface area contributed by atoms with E-state index in [-0.39, 0.29) is 40.7 Å². The van der Waals surface area contributed by atoms with Gasteiger partial charge in [-0.15, -0.1) is 0 Å². The zero-order valence-corrected chi connectivity index (χ0v) is 16.9. The molecule has 3 aromatic heterocycles. The molecule has 8 nitrogen and oxygen atoms in total. The molecule has 13 heteroatoms. The highest BCUT2D eigenvalue weighted by atomic mass is 32.2. The Morgan fingerprint density at radius 1 is 1.07 bits per heavy atom. The number of hydrogen-bond donors (Lipinski definition) is 1. The Morgan fingerprint density at radius 2 is 1.77 bits per heavy atom. The lowest BCUT2D eigenvalue weighted by molar-refractivity contribution is -0.140. The minimum absolute atomic E-state index is 0.0473. The summed E-state index contributed by atoms with van der Waals surface area (Å²) in [6, 6.07) is 5.14. The van der Waals surface area contributed by atoms with Gasteiger partial charge in [-0.1, -0.05) is 0 Å². The maximum Gasteiger partial charge on any atom is 0.431 e. The molecule has 0 aromatic carbocycles. The second kappa shape index (κ2) is 7.03. The average Bonchev–Trinajstić information content (AvgIpc) is 3.13. The molecule has 4 rings (SSSR count). The summed E-state index contributed by atoms with van der Waals surface area (Å²) in [6.45, 7) is -0.300. The Balaban J connectivity index is 1.67. The Hall–Kier alpha value is -2.51. The third-order valence-corrected chi connectivity index (χ3v) is 8.22. The van der Waals surface area contributed by atoms with Crippen molar-refractivity contribution < 1.29 is 30.0 Å². The number of fused-ring (bicyclic) bond motifs is 1. The van der Waals surface area contributed by atoms with Crippen LogP contribution in [0.4, 0.5) is 13.2 Å². The van der Waals surface area contributed by atoms with Crippen LogP contribution in [0.3, 0.4) is 0 Å². The van der Waals surface area contributed by atoms with Crippen molar-refractivity contribution >= 4 is 30.9 Å².